The topological polar surface area (TPSA) is 49.0 Å². The molecule has 0 spiro atoms. The van der Waals surface area contributed by atoms with Gasteiger partial charge < -0.3 is 4.90 Å². The quantitative estimate of drug-likeness (QED) is 0.727. The van der Waals surface area contributed by atoms with E-state index in [9.17, 15) is 4.79 Å². The molecule has 1 unspecified atom stereocenters. The van der Waals surface area contributed by atoms with E-state index in [0.717, 1.165) is 12.4 Å². The van der Waals surface area contributed by atoms with Gasteiger partial charge in [-0.1, -0.05) is 0 Å². The minimum Gasteiger partial charge on any atom is -0.352 e. The van der Waals surface area contributed by atoms with Crippen molar-refractivity contribution < 1.29 is 0 Å². The van der Waals surface area contributed by atoms with Gasteiger partial charge in [0.25, 0.3) is 5.56 Å². The summed E-state index contributed by atoms with van der Waals surface area (Å²) in [5, 5.41) is 6.51. The summed E-state index contributed by atoms with van der Waals surface area (Å²) in [5.41, 5.74) is -0.140. The fraction of sp³-hybridized carbons (Fsp3) is 0.600. The molecule has 76 valence electrons. The van der Waals surface area contributed by atoms with Crippen molar-refractivity contribution in [2.45, 2.75) is 32.2 Å². The van der Waals surface area contributed by atoms with E-state index in [1.54, 1.807) is 6.07 Å². The van der Waals surface area contributed by atoms with Crippen LogP contribution in [0.3, 0.4) is 0 Å². The highest BCUT2D eigenvalue weighted by molar-refractivity contribution is 5.38. The number of aromatic nitrogens is 2. The highest BCUT2D eigenvalue weighted by Crippen LogP contribution is 2.21. The van der Waals surface area contributed by atoms with E-state index < -0.39 is 0 Å². The van der Waals surface area contributed by atoms with Crippen LogP contribution in [0.25, 0.3) is 0 Å². The van der Waals surface area contributed by atoms with Crippen LogP contribution in [0.2, 0.25) is 0 Å². The Morgan fingerprint density at radius 3 is 3.00 bits per heavy atom. The Morgan fingerprint density at radius 2 is 2.36 bits per heavy atom. The number of rotatable bonds is 1. The lowest BCUT2D eigenvalue weighted by atomic mass is 10.0. The summed E-state index contributed by atoms with van der Waals surface area (Å²) in [5.74, 6) is 0.886. The van der Waals surface area contributed by atoms with Crippen LogP contribution in [0.5, 0.6) is 0 Å². The highest BCUT2D eigenvalue weighted by atomic mass is 16.1. The molecule has 0 bridgehead atoms. The molecule has 2 heterocycles. The van der Waals surface area contributed by atoms with Gasteiger partial charge in [-0.2, -0.15) is 5.10 Å². The standard InChI is InChI=1S/C10H15N3O/c1-8-4-2-3-7-13(8)9-5-6-10(14)12-11-9/h5-6,8H,2-4,7H2,1H3,(H,12,14). The molecule has 1 aliphatic heterocycles. The number of nitrogens with one attached hydrogen (secondary N) is 1. The first-order valence-electron chi connectivity index (χ1n) is 5.10. The van der Waals surface area contributed by atoms with Crippen LogP contribution in [0.4, 0.5) is 5.82 Å². The maximum atomic E-state index is 10.8. The van der Waals surface area contributed by atoms with Gasteiger partial charge in [0, 0.05) is 18.7 Å². The lowest BCUT2D eigenvalue weighted by Crippen LogP contribution is -2.38. The maximum absolute atomic E-state index is 10.8. The molecule has 2 rings (SSSR count). The molecule has 4 heteroatoms. The molecule has 1 saturated heterocycles. The van der Waals surface area contributed by atoms with E-state index in [2.05, 4.69) is 22.0 Å². The van der Waals surface area contributed by atoms with Gasteiger partial charge in [0.15, 0.2) is 0 Å². The SMILES string of the molecule is CC1CCCCN1c1ccc(=O)[nH]n1. The Morgan fingerprint density at radius 1 is 1.50 bits per heavy atom. The third-order valence-corrected chi connectivity index (χ3v) is 2.76. The van der Waals surface area contributed by atoms with Crippen molar-refractivity contribution in [2.24, 2.45) is 0 Å². The average molecular weight is 193 g/mol. The van der Waals surface area contributed by atoms with E-state index in [1.807, 2.05) is 0 Å². The van der Waals surface area contributed by atoms with E-state index >= 15 is 0 Å². The maximum Gasteiger partial charge on any atom is 0.264 e. The minimum absolute atomic E-state index is 0.140. The molecule has 0 aromatic carbocycles. The van der Waals surface area contributed by atoms with Gasteiger partial charge in [-0.3, -0.25) is 4.79 Å². The zero-order valence-corrected chi connectivity index (χ0v) is 8.36. The first-order valence-corrected chi connectivity index (χ1v) is 5.10. The van der Waals surface area contributed by atoms with Crippen molar-refractivity contribution in [2.75, 3.05) is 11.4 Å². The van der Waals surface area contributed by atoms with E-state index in [-0.39, 0.29) is 5.56 Å². The van der Waals surface area contributed by atoms with Gasteiger partial charge in [0.05, 0.1) is 0 Å². The van der Waals surface area contributed by atoms with Gasteiger partial charge >= 0.3 is 0 Å². The van der Waals surface area contributed by atoms with Crippen LogP contribution in [0.15, 0.2) is 16.9 Å². The number of hydrogen-bond donors (Lipinski definition) is 1. The molecule has 0 radical (unpaired) electrons. The third-order valence-electron chi connectivity index (χ3n) is 2.76. The van der Waals surface area contributed by atoms with Crippen LogP contribution in [0, 0.1) is 0 Å². The molecule has 0 amide bonds. The van der Waals surface area contributed by atoms with Crippen LogP contribution < -0.4 is 10.5 Å². The second-order valence-electron chi connectivity index (χ2n) is 3.82. The Balaban J connectivity index is 2.20. The summed E-state index contributed by atoms with van der Waals surface area (Å²) in [4.78, 5) is 13.1. The first kappa shape index (κ1) is 9.24. The monoisotopic (exact) mass is 193 g/mol. The molecule has 4 nitrogen and oxygen atoms in total. The second kappa shape index (κ2) is 3.82. The highest BCUT2D eigenvalue weighted by Gasteiger charge is 2.19. The molecule has 1 aliphatic rings. The lowest BCUT2D eigenvalue weighted by Gasteiger charge is -2.33. The largest absolute Gasteiger partial charge is 0.352 e. The van der Waals surface area contributed by atoms with Crippen LogP contribution >= 0.6 is 0 Å². The Hall–Kier alpha value is -1.32. The van der Waals surface area contributed by atoms with Crippen molar-refractivity contribution in [1.82, 2.24) is 10.2 Å². The van der Waals surface area contributed by atoms with Crippen molar-refractivity contribution in [3.63, 3.8) is 0 Å². The van der Waals surface area contributed by atoms with Crippen LogP contribution in [-0.2, 0) is 0 Å². The predicted octanol–water partition coefficient (Wildman–Crippen LogP) is 1.15. The summed E-state index contributed by atoms with van der Waals surface area (Å²) in [6, 6.07) is 3.85. The van der Waals surface area contributed by atoms with Gasteiger partial charge in [-0.25, -0.2) is 5.10 Å². The van der Waals surface area contributed by atoms with Gasteiger partial charge in [0.1, 0.15) is 5.82 Å². The molecular weight excluding hydrogens is 178 g/mol. The number of hydrogen-bond acceptors (Lipinski definition) is 3. The minimum atomic E-state index is -0.140. The summed E-state index contributed by atoms with van der Waals surface area (Å²) < 4.78 is 0. The summed E-state index contributed by atoms with van der Waals surface area (Å²) in [7, 11) is 0. The molecule has 14 heavy (non-hydrogen) atoms. The summed E-state index contributed by atoms with van der Waals surface area (Å²) in [6.07, 6.45) is 3.72. The molecule has 0 aliphatic carbocycles. The summed E-state index contributed by atoms with van der Waals surface area (Å²) >= 11 is 0. The number of anilines is 1. The van der Waals surface area contributed by atoms with Crippen molar-refractivity contribution >= 4 is 5.82 Å². The van der Waals surface area contributed by atoms with Crippen LogP contribution in [-0.4, -0.2) is 22.8 Å². The number of piperidine rings is 1. The Kier molecular flexibility index (Phi) is 2.52. The normalized spacial score (nSPS) is 22.4. The van der Waals surface area contributed by atoms with Crippen molar-refractivity contribution in [1.29, 1.82) is 0 Å². The molecule has 1 N–H and O–H groups in total. The summed E-state index contributed by atoms with van der Waals surface area (Å²) in [6.45, 7) is 3.24. The lowest BCUT2D eigenvalue weighted by molar-refractivity contribution is 0.479. The smallest absolute Gasteiger partial charge is 0.264 e. The number of aromatic amines is 1. The molecule has 1 fully saturated rings. The zero-order chi connectivity index (χ0) is 9.97. The molecule has 1 aromatic heterocycles. The molecular formula is C10H15N3O. The zero-order valence-electron chi connectivity index (χ0n) is 8.36. The number of nitrogens with zero attached hydrogens (tertiary/aromatic N) is 2. The average Bonchev–Trinajstić information content (AvgIpc) is 2.20. The number of H-pyrrole nitrogens is 1. The molecule has 1 atom stereocenters. The van der Waals surface area contributed by atoms with Crippen LogP contribution in [0.1, 0.15) is 26.2 Å². The fourth-order valence-corrected chi connectivity index (χ4v) is 1.94. The molecule has 0 saturated carbocycles. The molecule has 1 aromatic rings. The fourth-order valence-electron chi connectivity index (χ4n) is 1.94. The van der Waals surface area contributed by atoms with Crippen molar-refractivity contribution in [3.8, 4) is 0 Å². The van der Waals surface area contributed by atoms with Crippen molar-refractivity contribution in [3.05, 3.63) is 22.5 Å². The van der Waals surface area contributed by atoms with E-state index in [0.29, 0.717) is 6.04 Å². The first-order chi connectivity index (χ1) is 6.77. The Bertz CT molecular complexity index is 340. The van der Waals surface area contributed by atoms with Gasteiger partial charge in [0.2, 0.25) is 0 Å². The van der Waals surface area contributed by atoms with E-state index in [4.69, 9.17) is 0 Å². The third kappa shape index (κ3) is 1.78. The predicted molar refractivity (Wildman–Crippen MR) is 55.5 cm³/mol. The van der Waals surface area contributed by atoms with Gasteiger partial charge in [-0.15, -0.1) is 0 Å². The second-order valence-corrected chi connectivity index (χ2v) is 3.82. The Labute approximate surface area is 82.9 Å². The van der Waals surface area contributed by atoms with Gasteiger partial charge in [-0.05, 0) is 32.3 Å². The van der Waals surface area contributed by atoms with E-state index in [1.165, 1.54) is 25.3 Å².